The van der Waals surface area contributed by atoms with Gasteiger partial charge in [-0.3, -0.25) is 9.13 Å². The number of nitrogens with one attached hydrogen (secondary N) is 4. The minimum Gasteiger partial charge on any atom is -0.768 e. The molecular weight excluding hydrogens is 620 g/mol. The van der Waals surface area contributed by atoms with Crippen LogP contribution in [0.2, 0.25) is 0 Å². The Morgan fingerprint density at radius 1 is 0.545 bits per heavy atom. The van der Waals surface area contributed by atoms with Crippen LogP contribution in [0, 0.1) is 0 Å². The van der Waals surface area contributed by atoms with Crippen LogP contribution in [0.4, 0.5) is 11.4 Å². The standard InChI is InChI=1S/2C15H15N2O3P.2Na/c2*18-21(19,11-17-12-6-2-1-3-7-12)20-15-10-16-14-9-5-4-8-13(14)15;;/h2*1-10,16-17H,11H2,(H,18,19);;/q;;2*+1/p-2. The van der Waals surface area contributed by atoms with Gasteiger partial charge in [0.25, 0.3) is 0 Å². The molecule has 6 rings (SSSR count). The molecule has 4 N–H and O–H groups in total. The van der Waals surface area contributed by atoms with E-state index in [0.29, 0.717) is 11.5 Å². The second kappa shape index (κ2) is 16.7. The average molecular weight is 649 g/mol. The van der Waals surface area contributed by atoms with Crippen LogP contribution in [-0.4, -0.2) is 22.5 Å². The molecule has 0 aliphatic carbocycles. The molecule has 0 aliphatic rings. The maximum atomic E-state index is 12.0. The van der Waals surface area contributed by atoms with Crippen molar-refractivity contribution in [3.63, 3.8) is 0 Å². The van der Waals surface area contributed by atoms with Gasteiger partial charge in [-0.2, -0.15) is 0 Å². The molecular formula is C30H28N4Na2O6P2. The van der Waals surface area contributed by atoms with Gasteiger partial charge in [-0.05, 0) is 48.5 Å². The van der Waals surface area contributed by atoms with Gasteiger partial charge in [0, 0.05) is 45.6 Å². The number of aromatic amines is 2. The molecule has 4 aromatic carbocycles. The Balaban J connectivity index is 0.000000230. The number of anilines is 2. The maximum Gasteiger partial charge on any atom is 1.00 e. The Hall–Kier alpha value is -2.46. The predicted octanol–water partition coefficient (Wildman–Crippen LogP) is 0.347. The number of para-hydroxylation sites is 4. The van der Waals surface area contributed by atoms with Crippen molar-refractivity contribution in [2.24, 2.45) is 0 Å². The Morgan fingerprint density at radius 3 is 1.27 bits per heavy atom. The molecule has 0 spiro atoms. The van der Waals surface area contributed by atoms with E-state index in [0.717, 1.165) is 33.2 Å². The van der Waals surface area contributed by atoms with Crippen LogP contribution < -0.4 is 88.6 Å². The Bertz CT molecular complexity index is 1720. The van der Waals surface area contributed by atoms with E-state index in [1.807, 2.05) is 84.9 Å². The molecule has 2 atom stereocenters. The molecule has 2 unspecified atom stereocenters. The number of fused-ring (bicyclic) bond motifs is 2. The molecule has 0 bridgehead atoms. The summed E-state index contributed by atoms with van der Waals surface area (Å²) in [6, 6.07) is 33.0. The van der Waals surface area contributed by atoms with Crippen molar-refractivity contribution in [3.8, 4) is 11.5 Å². The van der Waals surface area contributed by atoms with E-state index in [4.69, 9.17) is 9.05 Å². The Labute approximate surface area is 299 Å². The third-order valence-electron chi connectivity index (χ3n) is 6.08. The third kappa shape index (κ3) is 10.3. The fraction of sp³-hybridized carbons (Fsp3) is 0.0667. The summed E-state index contributed by atoms with van der Waals surface area (Å²) in [6.45, 7) is 0. The van der Waals surface area contributed by atoms with Crippen molar-refractivity contribution >= 4 is 48.4 Å². The molecule has 0 saturated heterocycles. The van der Waals surface area contributed by atoms with E-state index in [1.54, 1.807) is 36.7 Å². The van der Waals surface area contributed by atoms with Gasteiger partial charge in [0.05, 0.1) is 12.6 Å². The SMILES string of the molecule is O=P([O-])(CNc1ccccc1)Oc1c[nH]c2ccccc12.O=P([O-])(CNc1ccccc1)Oc1c[nH]c2ccccc12.[Na+].[Na+]. The Kier molecular flexibility index (Phi) is 13.7. The van der Waals surface area contributed by atoms with Crippen molar-refractivity contribution in [3.05, 3.63) is 122 Å². The van der Waals surface area contributed by atoms with Gasteiger partial charge >= 0.3 is 59.1 Å². The summed E-state index contributed by atoms with van der Waals surface area (Å²) in [6.07, 6.45) is 2.57. The monoisotopic (exact) mass is 648 g/mol. The molecule has 0 aliphatic heterocycles. The van der Waals surface area contributed by atoms with Crippen LogP contribution in [0.25, 0.3) is 21.8 Å². The number of hydrogen-bond donors (Lipinski definition) is 4. The summed E-state index contributed by atoms with van der Waals surface area (Å²) in [5, 5.41) is 7.16. The zero-order valence-electron chi connectivity index (χ0n) is 24.3. The zero-order chi connectivity index (χ0) is 29.4. The van der Waals surface area contributed by atoms with Crippen molar-refractivity contribution in [2.75, 3.05) is 23.2 Å². The molecule has 14 heteroatoms. The number of aromatic nitrogens is 2. The molecule has 2 aromatic heterocycles. The summed E-state index contributed by atoms with van der Waals surface area (Å²) < 4.78 is 34.5. The molecule has 0 radical (unpaired) electrons. The van der Waals surface area contributed by atoms with Crippen LogP contribution >= 0.6 is 15.2 Å². The van der Waals surface area contributed by atoms with Gasteiger partial charge in [-0.15, -0.1) is 0 Å². The van der Waals surface area contributed by atoms with Crippen LogP contribution in [0.3, 0.4) is 0 Å². The zero-order valence-corrected chi connectivity index (χ0v) is 30.1. The number of hydrogen-bond acceptors (Lipinski definition) is 8. The van der Waals surface area contributed by atoms with Crippen molar-refractivity contribution in [1.82, 2.24) is 9.97 Å². The first-order valence-corrected chi connectivity index (χ1v) is 16.4. The summed E-state index contributed by atoms with van der Waals surface area (Å²) in [5.74, 6) is 0.637. The molecule has 216 valence electrons. The van der Waals surface area contributed by atoms with E-state index >= 15 is 0 Å². The summed E-state index contributed by atoms with van der Waals surface area (Å²) in [4.78, 5) is 30.0. The summed E-state index contributed by atoms with van der Waals surface area (Å²) in [7, 11) is -8.06. The van der Waals surface area contributed by atoms with Gasteiger partial charge in [0.15, 0.2) is 11.5 Å². The number of H-pyrrole nitrogens is 2. The van der Waals surface area contributed by atoms with E-state index in [2.05, 4.69) is 20.6 Å². The molecule has 10 nitrogen and oxygen atoms in total. The van der Waals surface area contributed by atoms with Crippen LogP contribution in [0.1, 0.15) is 0 Å². The second-order valence-corrected chi connectivity index (χ2v) is 12.6. The Morgan fingerprint density at radius 2 is 0.886 bits per heavy atom. The fourth-order valence-corrected chi connectivity index (χ4v) is 5.88. The molecule has 2 heterocycles. The minimum absolute atomic E-state index is 0. The molecule has 0 amide bonds. The smallest absolute Gasteiger partial charge is 0.768 e. The van der Waals surface area contributed by atoms with Gasteiger partial charge in [0.1, 0.15) is 0 Å². The van der Waals surface area contributed by atoms with Crippen LogP contribution in [-0.2, 0) is 9.13 Å². The second-order valence-electron chi connectivity index (χ2n) is 9.20. The first-order chi connectivity index (χ1) is 20.3. The van der Waals surface area contributed by atoms with Gasteiger partial charge in [-0.25, -0.2) is 0 Å². The van der Waals surface area contributed by atoms with E-state index in [9.17, 15) is 18.9 Å². The first-order valence-electron chi connectivity index (χ1n) is 13.0. The first kappa shape index (κ1) is 36.0. The minimum atomic E-state index is -4.03. The van der Waals surface area contributed by atoms with Crippen molar-refractivity contribution < 1.29 is 87.1 Å². The summed E-state index contributed by atoms with van der Waals surface area (Å²) in [5.41, 5.74) is 3.14. The maximum absolute atomic E-state index is 12.0. The van der Waals surface area contributed by atoms with E-state index < -0.39 is 15.2 Å². The number of benzene rings is 4. The molecule has 0 fully saturated rings. The predicted molar refractivity (Wildman–Crippen MR) is 163 cm³/mol. The van der Waals surface area contributed by atoms with Gasteiger partial charge in [0.2, 0.25) is 15.2 Å². The number of rotatable bonds is 10. The summed E-state index contributed by atoms with van der Waals surface area (Å²) >= 11 is 0. The third-order valence-corrected chi connectivity index (χ3v) is 8.12. The molecule has 44 heavy (non-hydrogen) atoms. The van der Waals surface area contributed by atoms with Crippen LogP contribution in [0.5, 0.6) is 11.5 Å². The van der Waals surface area contributed by atoms with Gasteiger partial charge < -0.3 is 39.4 Å². The largest absolute Gasteiger partial charge is 1.00 e. The molecule has 6 aromatic rings. The quantitative estimate of drug-likeness (QED) is 0.123. The van der Waals surface area contributed by atoms with E-state index in [-0.39, 0.29) is 71.7 Å². The fourth-order valence-electron chi connectivity index (χ4n) is 4.09. The topological polar surface area (TPSA) is 154 Å². The average Bonchev–Trinajstić information content (AvgIpc) is 3.60. The van der Waals surface area contributed by atoms with Gasteiger partial charge in [-0.1, -0.05) is 60.7 Å². The normalized spacial score (nSPS) is 13.1. The van der Waals surface area contributed by atoms with Crippen molar-refractivity contribution in [2.45, 2.75) is 0 Å². The van der Waals surface area contributed by atoms with Crippen LogP contribution in [0.15, 0.2) is 122 Å². The molecule has 0 saturated carbocycles. The van der Waals surface area contributed by atoms with E-state index in [1.165, 1.54) is 0 Å². The van der Waals surface area contributed by atoms with Crippen molar-refractivity contribution in [1.29, 1.82) is 0 Å².